The Kier molecular flexibility index (Phi) is 4.15. The van der Waals surface area contributed by atoms with Gasteiger partial charge in [0, 0.05) is 39.1 Å². The number of likely N-dealkylation sites (N-methyl/N-ethyl adjacent to an activating group) is 1. The number of hydrogen-bond acceptors (Lipinski definition) is 3. The molecule has 1 aliphatic heterocycles. The molecule has 0 unspecified atom stereocenters. The van der Waals surface area contributed by atoms with Crippen LogP contribution >= 0.6 is 0 Å². The number of rotatable bonds is 4. The summed E-state index contributed by atoms with van der Waals surface area (Å²) in [6.45, 7) is 2.95. The fourth-order valence-electron chi connectivity index (χ4n) is 2.36. The SMILES string of the molecule is CN(Cc1ccccc1)CC1(O)CCOCC1. The van der Waals surface area contributed by atoms with Gasteiger partial charge in [0.1, 0.15) is 0 Å². The Balaban J connectivity index is 1.86. The summed E-state index contributed by atoms with van der Waals surface area (Å²) in [6, 6.07) is 10.4. The van der Waals surface area contributed by atoms with Crippen molar-refractivity contribution >= 4 is 0 Å². The summed E-state index contributed by atoms with van der Waals surface area (Å²) in [5.41, 5.74) is 0.715. The highest BCUT2D eigenvalue weighted by Crippen LogP contribution is 2.21. The average molecular weight is 235 g/mol. The Morgan fingerprint density at radius 2 is 1.88 bits per heavy atom. The highest BCUT2D eigenvalue weighted by molar-refractivity contribution is 5.14. The van der Waals surface area contributed by atoms with Gasteiger partial charge in [-0.3, -0.25) is 4.90 Å². The standard InChI is InChI=1S/C14H21NO2/c1-15(11-13-5-3-2-4-6-13)12-14(16)7-9-17-10-8-14/h2-6,16H,7-12H2,1H3. The predicted molar refractivity (Wildman–Crippen MR) is 67.8 cm³/mol. The zero-order chi connectivity index (χ0) is 12.1. The van der Waals surface area contributed by atoms with E-state index in [4.69, 9.17) is 4.74 Å². The van der Waals surface area contributed by atoms with E-state index in [0.29, 0.717) is 19.8 Å². The summed E-state index contributed by atoms with van der Waals surface area (Å²) >= 11 is 0. The van der Waals surface area contributed by atoms with Gasteiger partial charge in [0.25, 0.3) is 0 Å². The molecule has 0 bridgehead atoms. The quantitative estimate of drug-likeness (QED) is 0.861. The van der Waals surface area contributed by atoms with Crippen molar-refractivity contribution in [3.63, 3.8) is 0 Å². The summed E-state index contributed by atoms with van der Waals surface area (Å²) in [7, 11) is 2.06. The number of hydrogen-bond donors (Lipinski definition) is 1. The molecule has 0 saturated carbocycles. The topological polar surface area (TPSA) is 32.7 Å². The van der Waals surface area contributed by atoms with Gasteiger partial charge in [0.15, 0.2) is 0 Å². The van der Waals surface area contributed by atoms with E-state index in [2.05, 4.69) is 24.1 Å². The normalized spacial score (nSPS) is 19.5. The molecule has 0 aliphatic carbocycles. The molecule has 1 fully saturated rings. The van der Waals surface area contributed by atoms with Gasteiger partial charge in [0.05, 0.1) is 5.60 Å². The lowest BCUT2D eigenvalue weighted by Gasteiger charge is -2.35. The maximum atomic E-state index is 10.4. The first-order chi connectivity index (χ1) is 8.18. The average Bonchev–Trinajstić information content (AvgIpc) is 2.30. The van der Waals surface area contributed by atoms with Crippen LogP contribution in [0.2, 0.25) is 0 Å². The Bertz CT molecular complexity index is 333. The van der Waals surface area contributed by atoms with E-state index in [9.17, 15) is 5.11 Å². The van der Waals surface area contributed by atoms with Crippen LogP contribution in [0.3, 0.4) is 0 Å². The third-order valence-corrected chi connectivity index (χ3v) is 3.28. The monoisotopic (exact) mass is 235 g/mol. The second kappa shape index (κ2) is 5.63. The molecule has 1 heterocycles. The van der Waals surface area contributed by atoms with Gasteiger partial charge in [-0.2, -0.15) is 0 Å². The minimum atomic E-state index is -0.568. The second-order valence-electron chi connectivity index (χ2n) is 4.99. The van der Waals surface area contributed by atoms with Crippen LogP contribution in [-0.4, -0.2) is 42.4 Å². The summed E-state index contributed by atoms with van der Waals surface area (Å²) < 4.78 is 5.29. The van der Waals surface area contributed by atoms with E-state index < -0.39 is 5.60 Å². The van der Waals surface area contributed by atoms with Crippen molar-refractivity contribution in [3.8, 4) is 0 Å². The maximum absolute atomic E-state index is 10.4. The van der Waals surface area contributed by atoms with Crippen LogP contribution in [0, 0.1) is 0 Å². The van der Waals surface area contributed by atoms with Gasteiger partial charge in [-0.1, -0.05) is 30.3 Å². The lowest BCUT2D eigenvalue weighted by atomic mass is 9.94. The molecule has 1 aliphatic rings. The molecule has 0 aromatic heterocycles. The first kappa shape index (κ1) is 12.6. The van der Waals surface area contributed by atoms with Crippen LogP contribution in [0.15, 0.2) is 30.3 Å². The van der Waals surface area contributed by atoms with Gasteiger partial charge in [-0.15, -0.1) is 0 Å². The lowest BCUT2D eigenvalue weighted by molar-refractivity contribution is -0.0777. The second-order valence-corrected chi connectivity index (χ2v) is 4.99. The van der Waals surface area contributed by atoms with Crippen molar-refractivity contribution in [2.45, 2.75) is 25.0 Å². The molecule has 0 atom stereocenters. The summed E-state index contributed by atoms with van der Waals surface area (Å²) in [4.78, 5) is 2.18. The zero-order valence-corrected chi connectivity index (χ0v) is 10.4. The summed E-state index contributed by atoms with van der Waals surface area (Å²) in [5, 5.41) is 10.4. The molecule has 3 nitrogen and oxygen atoms in total. The molecule has 1 aromatic rings. The molecule has 94 valence electrons. The van der Waals surface area contributed by atoms with Crippen molar-refractivity contribution in [1.82, 2.24) is 4.90 Å². The highest BCUT2D eigenvalue weighted by Gasteiger charge is 2.30. The van der Waals surface area contributed by atoms with Crippen LogP contribution in [0.25, 0.3) is 0 Å². The third kappa shape index (κ3) is 3.80. The highest BCUT2D eigenvalue weighted by atomic mass is 16.5. The van der Waals surface area contributed by atoms with Crippen molar-refractivity contribution in [3.05, 3.63) is 35.9 Å². The van der Waals surface area contributed by atoms with Crippen LogP contribution in [0.5, 0.6) is 0 Å². The molecular weight excluding hydrogens is 214 g/mol. The minimum absolute atomic E-state index is 0.568. The molecule has 1 saturated heterocycles. The molecule has 0 spiro atoms. The van der Waals surface area contributed by atoms with E-state index in [0.717, 1.165) is 19.4 Å². The van der Waals surface area contributed by atoms with Crippen molar-refractivity contribution in [2.75, 3.05) is 26.8 Å². The van der Waals surface area contributed by atoms with Gasteiger partial charge < -0.3 is 9.84 Å². The molecule has 1 aromatic carbocycles. The van der Waals surface area contributed by atoms with E-state index in [1.165, 1.54) is 5.56 Å². The molecule has 2 rings (SSSR count). The Morgan fingerprint density at radius 1 is 1.24 bits per heavy atom. The minimum Gasteiger partial charge on any atom is -0.388 e. The smallest absolute Gasteiger partial charge is 0.0817 e. The van der Waals surface area contributed by atoms with Crippen LogP contribution in [0.1, 0.15) is 18.4 Å². The molecule has 0 radical (unpaired) electrons. The Hall–Kier alpha value is -0.900. The van der Waals surface area contributed by atoms with Crippen LogP contribution in [0.4, 0.5) is 0 Å². The van der Waals surface area contributed by atoms with E-state index in [-0.39, 0.29) is 0 Å². The van der Waals surface area contributed by atoms with Crippen LogP contribution in [-0.2, 0) is 11.3 Å². The Morgan fingerprint density at radius 3 is 2.53 bits per heavy atom. The van der Waals surface area contributed by atoms with Crippen LogP contribution < -0.4 is 0 Å². The lowest BCUT2D eigenvalue weighted by Crippen LogP contribution is -2.45. The van der Waals surface area contributed by atoms with Crippen molar-refractivity contribution < 1.29 is 9.84 Å². The van der Waals surface area contributed by atoms with Gasteiger partial charge >= 0.3 is 0 Å². The Labute approximate surface area is 103 Å². The van der Waals surface area contributed by atoms with Crippen molar-refractivity contribution in [1.29, 1.82) is 0 Å². The van der Waals surface area contributed by atoms with E-state index in [1.807, 2.05) is 18.2 Å². The first-order valence-corrected chi connectivity index (χ1v) is 6.21. The predicted octanol–water partition coefficient (Wildman–Crippen LogP) is 1.66. The molecule has 0 amide bonds. The molecular formula is C14H21NO2. The van der Waals surface area contributed by atoms with E-state index in [1.54, 1.807) is 0 Å². The number of ether oxygens (including phenoxy) is 1. The van der Waals surface area contributed by atoms with Gasteiger partial charge in [-0.25, -0.2) is 0 Å². The fourth-order valence-corrected chi connectivity index (χ4v) is 2.36. The number of nitrogens with zero attached hydrogens (tertiary/aromatic N) is 1. The molecule has 17 heavy (non-hydrogen) atoms. The summed E-state index contributed by atoms with van der Waals surface area (Å²) in [6.07, 6.45) is 1.48. The number of benzene rings is 1. The number of aliphatic hydroxyl groups is 1. The largest absolute Gasteiger partial charge is 0.388 e. The zero-order valence-electron chi connectivity index (χ0n) is 10.4. The summed E-state index contributed by atoms with van der Waals surface area (Å²) in [5.74, 6) is 0. The molecule has 1 N–H and O–H groups in total. The maximum Gasteiger partial charge on any atom is 0.0817 e. The van der Waals surface area contributed by atoms with Crippen molar-refractivity contribution in [2.24, 2.45) is 0 Å². The van der Waals surface area contributed by atoms with Gasteiger partial charge in [-0.05, 0) is 12.6 Å². The fraction of sp³-hybridized carbons (Fsp3) is 0.571. The third-order valence-electron chi connectivity index (χ3n) is 3.28. The van der Waals surface area contributed by atoms with Gasteiger partial charge in [0.2, 0.25) is 0 Å². The first-order valence-electron chi connectivity index (χ1n) is 6.21. The molecule has 3 heteroatoms. The van der Waals surface area contributed by atoms with E-state index >= 15 is 0 Å².